The monoisotopic (exact) mass is 242 g/mol. The van der Waals surface area contributed by atoms with Crippen molar-refractivity contribution in [1.82, 2.24) is 0 Å². The Balaban J connectivity index is 2.98. The van der Waals surface area contributed by atoms with Gasteiger partial charge in [-0.15, -0.1) is 0 Å². The van der Waals surface area contributed by atoms with Gasteiger partial charge in [0, 0.05) is 18.7 Å². The Kier molecular flexibility index (Phi) is 4.82. The lowest BCUT2D eigenvalue weighted by molar-refractivity contribution is -0.131. The van der Waals surface area contributed by atoms with Crippen LogP contribution in [0.2, 0.25) is 5.02 Å². The Labute approximate surface area is 98.1 Å². The third kappa shape index (κ3) is 3.56. The summed E-state index contributed by atoms with van der Waals surface area (Å²) in [5.74, 6) is -0.565. The summed E-state index contributed by atoms with van der Waals surface area (Å²) in [6.45, 7) is 0.0776. The molecule has 0 heterocycles. The standard InChI is InChI=1S/C11H11ClO4/c1-15-7-16-10-4-2-3-9(12)8(10)5-6-11(13)14/h2-6H,7H2,1H3,(H,13,14)/b6-5+. The molecule has 5 heteroatoms. The van der Waals surface area contributed by atoms with E-state index in [9.17, 15) is 4.79 Å². The van der Waals surface area contributed by atoms with E-state index in [2.05, 4.69) is 0 Å². The summed E-state index contributed by atoms with van der Waals surface area (Å²) < 4.78 is 10.0. The first-order valence-electron chi connectivity index (χ1n) is 4.46. The molecular weight excluding hydrogens is 232 g/mol. The van der Waals surface area contributed by atoms with Crippen molar-refractivity contribution in [3.8, 4) is 5.75 Å². The highest BCUT2D eigenvalue weighted by atomic mass is 35.5. The first kappa shape index (κ1) is 12.5. The Bertz CT molecular complexity index is 401. The number of carboxylic acids is 1. The SMILES string of the molecule is COCOc1cccc(Cl)c1/C=C/C(=O)O. The summed E-state index contributed by atoms with van der Waals surface area (Å²) in [5, 5.41) is 8.96. The van der Waals surface area contributed by atoms with Crippen molar-refractivity contribution in [2.45, 2.75) is 0 Å². The fourth-order valence-electron chi connectivity index (χ4n) is 1.08. The van der Waals surface area contributed by atoms with Crippen molar-refractivity contribution in [2.24, 2.45) is 0 Å². The third-order valence-electron chi connectivity index (χ3n) is 1.74. The second kappa shape index (κ2) is 6.15. The maximum atomic E-state index is 10.4. The summed E-state index contributed by atoms with van der Waals surface area (Å²) in [4.78, 5) is 10.4. The lowest BCUT2D eigenvalue weighted by Crippen LogP contribution is -2.00. The molecule has 1 aromatic carbocycles. The summed E-state index contributed by atoms with van der Waals surface area (Å²) in [6.07, 6.45) is 2.39. The van der Waals surface area contributed by atoms with Crippen LogP contribution in [0.4, 0.5) is 0 Å². The van der Waals surface area contributed by atoms with Crippen molar-refractivity contribution < 1.29 is 19.4 Å². The van der Waals surface area contributed by atoms with Crippen LogP contribution in [0.3, 0.4) is 0 Å². The van der Waals surface area contributed by atoms with Gasteiger partial charge in [-0.1, -0.05) is 17.7 Å². The van der Waals surface area contributed by atoms with Crippen LogP contribution in [-0.2, 0) is 9.53 Å². The van der Waals surface area contributed by atoms with Crippen molar-refractivity contribution in [3.05, 3.63) is 34.9 Å². The van der Waals surface area contributed by atoms with Gasteiger partial charge in [-0.05, 0) is 18.2 Å². The fraction of sp³-hybridized carbons (Fsp3) is 0.182. The molecule has 16 heavy (non-hydrogen) atoms. The van der Waals surface area contributed by atoms with Crippen LogP contribution in [0.5, 0.6) is 5.75 Å². The van der Waals surface area contributed by atoms with Crippen molar-refractivity contribution >= 4 is 23.6 Å². The van der Waals surface area contributed by atoms with Crippen LogP contribution in [0.25, 0.3) is 6.08 Å². The first-order valence-corrected chi connectivity index (χ1v) is 4.84. The summed E-state index contributed by atoms with van der Waals surface area (Å²) >= 11 is 5.93. The van der Waals surface area contributed by atoms with Gasteiger partial charge >= 0.3 is 5.97 Å². The van der Waals surface area contributed by atoms with Crippen LogP contribution in [-0.4, -0.2) is 25.0 Å². The first-order chi connectivity index (χ1) is 7.65. The van der Waals surface area contributed by atoms with Crippen LogP contribution in [0.1, 0.15) is 5.56 Å². The number of methoxy groups -OCH3 is 1. The molecule has 0 amide bonds. The zero-order valence-electron chi connectivity index (χ0n) is 8.64. The van der Waals surface area contributed by atoms with E-state index in [1.54, 1.807) is 18.2 Å². The normalized spacial score (nSPS) is 10.6. The topological polar surface area (TPSA) is 55.8 Å². The van der Waals surface area contributed by atoms with Crippen LogP contribution >= 0.6 is 11.6 Å². The number of halogens is 1. The molecule has 0 aliphatic heterocycles. The van der Waals surface area contributed by atoms with E-state index >= 15 is 0 Å². The van der Waals surface area contributed by atoms with E-state index < -0.39 is 5.97 Å². The highest BCUT2D eigenvalue weighted by molar-refractivity contribution is 6.32. The molecular formula is C11H11ClO4. The number of carbonyl (C=O) groups is 1. The van der Waals surface area contributed by atoms with Crippen LogP contribution in [0, 0.1) is 0 Å². The molecule has 0 atom stereocenters. The molecule has 0 saturated heterocycles. The molecule has 4 nitrogen and oxygen atoms in total. The molecule has 1 rings (SSSR count). The van der Waals surface area contributed by atoms with E-state index in [1.165, 1.54) is 13.2 Å². The van der Waals surface area contributed by atoms with Crippen molar-refractivity contribution in [1.29, 1.82) is 0 Å². The second-order valence-corrected chi connectivity index (χ2v) is 3.28. The largest absolute Gasteiger partial charge is 0.478 e. The highest BCUT2D eigenvalue weighted by Crippen LogP contribution is 2.27. The van der Waals surface area contributed by atoms with Gasteiger partial charge < -0.3 is 14.6 Å². The number of benzene rings is 1. The molecule has 0 aliphatic rings. The third-order valence-corrected chi connectivity index (χ3v) is 2.07. The minimum Gasteiger partial charge on any atom is -0.478 e. The molecule has 1 aromatic rings. The van der Waals surface area contributed by atoms with Crippen LogP contribution < -0.4 is 4.74 Å². The Morgan fingerprint density at radius 1 is 1.56 bits per heavy atom. The maximum absolute atomic E-state index is 10.4. The molecule has 0 fully saturated rings. The Morgan fingerprint density at radius 2 is 2.31 bits per heavy atom. The average Bonchev–Trinajstić information content (AvgIpc) is 2.24. The molecule has 0 radical (unpaired) electrons. The highest BCUT2D eigenvalue weighted by Gasteiger charge is 2.05. The van der Waals surface area contributed by atoms with Gasteiger partial charge in [-0.2, -0.15) is 0 Å². The van der Waals surface area contributed by atoms with E-state index in [-0.39, 0.29) is 6.79 Å². The molecule has 86 valence electrons. The van der Waals surface area contributed by atoms with Gasteiger partial charge in [-0.25, -0.2) is 4.79 Å². The molecule has 0 unspecified atom stereocenters. The van der Waals surface area contributed by atoms with E-state index in [0.717, 1.165) is 6.08 Å². The van der Waals surface area contributed by atoms with Gasteiger partial charge in [0.05, 0.1) is 5.02 Å². The predicted octanol–water partition coefficient (Wildman–Crippen LogP) is 2.42. The average molecular weight is 243 g/mol. The number of aliphatic carboxylic acids is 1. The predicted molar refractivity (Wildman–Crippen MR) is 60.6 cm³/mol. The van der Waals surface area contributed by atoms with Crippen molar-refractivity contribution in [3.63, 3.8) is 0 Å². The van der Waals surface area contributed by atoms with E-state index in [4.69, 9.17) is 26.2 Å². The van der Waals surface area contributed by atoms with Gasteiger partial charge in [0.1, 0.15) is 5.75 Å². The maximum Gasteiger partial charge on any atom is 0.328 e. The summed E-state index contributed by atoms with van der Waals surface area (Å²) in [7, 11) is 1.50. The van der Waals surface area contributed by atoms with Crippen molar-refractivity contribution in [2.75, 3.05) is 13.9 Å². The minimum absolute atomic E-state index is 0.0776. The molecule has 0 bridgehead atoms. The smallest absolute Gasteiger partial charge is 0.328 e. The zero-order chi connectivity index (χ0) is 12.0. The Morgan fingerprint density at radius 3 is 2.94 bits per heavy atom. The second-order valence-electron chi connectivity index (χ2n) is 2.87. The summed E-state index contributed by atoms with van der Waals surface area (Å²) in [6, 6.07) is 5.06. The minimum atomic E-state index is -1.04. The summed E-state index contributed by atoms with van der Waals surface area (Å²) in [5.41, 5.74) is 0.517. The van der Waals surface area contributed by atoms with Gasteiger partial charge in [0.2, 0.25) is 0 Å². The molecule has 1 N–H and O–H groups in total. The van der Waals surface area contributed by atoms with Gasteiger partial charge in [0.15, 0.2) is 6.79 Å². The lowest BCUT2D eigenvalue weighted by Gasteiger charge is -2.08. The van der Waals surface area contributed by atoms with E-state index in [0.29, 0.717) is 16.3 Å². The molecule has 0 aromatic heterocycles. The number of hydrogen-bond acceptors (Lipinski definition) is 3. The van der Waals surface area contributed by atoms with Gasteiger partial charge in [0.25, 0.3) is 0 Å². The number of rotatable bonds is 5. The number of hydrogen-bond donors (Lipinski definition) is 1. The quantitative estimate of drug-likeness (QED) is 0.636. The fourth-order valence-corrected chi connectivity index (χ4v) is 1.31. The van der Waals surface area contributed by atoms with Crippen LogP contribution in [0.15, 0.2) is 24.3 Å². The zero-order valence-corrected chi connectivity index (χ0v) is 9.40. The van der Waals surface area contributed by atoms with E-state index in [1.807, 2.05) is 0 Å². The lowest BCUT2D eigenvalue weighted by atomic mass is 10.2. The number of carboxylic acid groups (broad SMARTS) is 1. The molecule has 0 saturated carbocycles. The molecule has 0 aliphatic carbocycles. The van der Waals surface area contributed by atoms with Gasteiger partial charge in [-0.3, -0.25) is 0 Å². The Hall–Kier alpha value is -1.52. The molecule has 0 spiro atoms. The number of ether oxygens (including phenoxy) is 2.